The Morgan fingerprint density at radius 1 is 1.31 bits per heavy atom. The van der Waals surface area contributed by atoms with Gasteiger partial charge < -0.3 is 10.6 Å². The monoisotopic (exact) mass is 531 g/mol. The Kier molecular flexibility index (Phi) is 5.76. The first-order chi connectivity index (χ1) is 12.5. The zero-order valence-corrected chi connectivity index (χ0v) is 17.1. The summed E-state index contributed by atoms with van der Waals surface area (Å²) in [7, 11) is 0. The number of carbonyl (C=O) groups is 1. The fourth-order valence-electron chi connectivity index (χ4n) is 2.14. The van der Waals surface area contributed by atoms with Gasteiger partial charge in [0.05, 0.1) is 16.2 Å². The first-order valence-electron chi connectivity index (χ1n) is 7.35. The van der Waals surface area contributed by atoms with Crippen molar-refractivity contribution >= 4 is 50.2 Å². The van der Waals surface area contributed by atoms with E-state index in [0.717, 1.165) is 0 Å². The molecular formula is C15H12BrFIN7O. The van der Waals surface area contributed by atoms with Gasteiger partial charge in [-0.3, -0.25) is 0 Å². The van der Waals surface area contributed by atoms with Gasteiger partial charge in [0.25, 0.3) is 5.95 Å². The van der Waals surface area contributed by atoms with Crippen LogP contribution < -0.4 is 10.6 Å². The van der Waals surface area contributed by atoms with Crippen LogP contribution in [0.4, 0.5) is 14.9 Å². The largest absolute Gasteiger partial charge is 0.328 e. The van der Waals surface area contributed by atoms with Crippen LogP contribution in [0.5, 0.6) is 0 Å². The van der Waals surface area contributed by atoms with E-state index in [9.17, 15) is 9.18 Å². The number of amides is 2. The smallest absolute Gasteiger partial charge is 0.319 e. The van der Waals surface area contributed by atoms with E-state index in [1.54, 1.807) is 25.4 Å². The van der Waals surface area contributed by atoms with Crippen LogP contribution in [-0.4, -0.2) is 30.8 Å². The van der Waals surface area contributed by atoms with Crippen LogP contribution in [0.2, 0.25) is 0 Å². The lowest BCUT2D eigenvalue weighted by Gasteiger charge is -2.15. The topological polar surface area (TPSA) is 97.6 Å². The van der Waals surface area contributed by atoms with Gasteiger partial charge in [-0.05, 0) is 63.6 Å². The van der Waals surface area contributed by atoms with Crippen LogP contribution >= 0.6 is 38.5 Å². The highest BCUT2D eigenvalue weighted by Crippen LogP contribution is 2.26. The predicted octanol–water partition coefficient (Wildman–Crippen LogP) is 3.45. The van der Waals surface area contributed by atoms with Crippen LogP contribution in [-0.2, 0) is 0 Å². The normalized spacial score (nSPS) is 11.8. The molecule has 26 heavy (non-hydrogen) atoms. The summed E-state index contributed by atoms with van der Waals surface area (Å²) in [6.45, 7) is 1.76. The van der Waals surface area contributed by atoms with Crippen molar-refractivity contribution in [1.82, 2.24) is 30.0 Å². The fourth-order valence-corrected chi connectivity index (χ4v) is 3.05. The SMILES string of the molecule is CC(NC(=O)Nc1cc(Br)c(F)cc1I)c1ncnn1-c1ncccn1. The fraction of sp³-hybridized carbons (Fsp3) is 0.133. The van der Waals surface area contributed by atoms with Gasteiger partial charge in [0.1, 0.15) is 12.1 Å². The van der Waals surface area contributed by atoms with Crippen molar-refractivity contribution in [2.24, 2.45) is 0 Å². The van der Waals surface area contributed by atoms with Crippen LogP contribution in [0.3, 0.4) is 0 Å². The molecule has 8 nitrogen and oxygen atoms in total. The molecule has 0 bridgehead atoms. The molecule has 0 radical (unpaired) electrons. The van der Waals surface area contributed by atoms with Crippen LogP contribution in [0.25, 0.3) is 5.95 Å². The van der Waals surface area contributed by atoms with Crippen LogP contribution in [0, 0.1) is 9.39 Å². The van der Waals surface area contributed by atoms with Crippen molar-refractivity contribution in [2.75, 3.05) is 5.32 Å². The lowest BCUT2D eigenvalue weighted by Crippen LogP contribution is -2.33. The van der Waals surface area contributed by atoms with Gasteiger partial charge in [0, 0.05) is 16.0 Å². The third-order valence-electron chi connectivity index (χ3n) is 3.31. The van der Waals surface area contributed by atoms with Crippen molar-refractivity contribution in [1.29, 1.82) is 0 Å². The molecule has 0 saturated carbocycles. The number of benzene rings is 1. The van der Waals surface area contributed by atoms with E-state index < -0.39 is 17.9 Å². The molecule has 2 aromatic heterocycles. The molecule has 0 spiro atoms. The average molecular weight is 532 g/mol. The van der Waals surface area contributed by atoms with Gasteiger partial charge in [-0.1, -0.05) is 0 Å². The van der Waals surface area contributed by atoms with Gasteiger partial charge in [0.15, 0.2) is 5.82 Å². The molecule has 3 rings (SSSR count). The first kappa shape index (κ1) is 18.6. The zero-order chi connectivity index (χ0) is 18.7. The third kappa shape index (κ3) is 4.15. The van der Waals surface area contributed by atoms with Crippen molar-refractivity contribution in [2.45, 2.75) is 13.0 Å². The molecule has 11 heteroatoms. The second kappa shape index (κ2) is 8.03. The maximum absolute atomic E-state index is 13.5. The predicted molar refractivity (Wildman–Crippen MR) is 104 cm³/mol. The summed E-state index contributed by atoms with van der Waals surface area (Å²) in [5.74, 6) is 0.428. The molecule has 1 unspecified atom stereocenters. The molecule has 3 aromatic rings. The molecule has 2 heterocycles. The van der Waals surface area contributed by atoms with Crippen LogP contribution in [0.1, 0.15) is 18.8 Å². The number of urea groups is 1. The molecule has 134 valence electrons. The molecule has 0 fully saturated rings. The van der Waals surface area contributed by atoms with Crippen molar-refractivity contribution in [3.05, 3.63) is 56.6 Å². The first-order valence-corrected chi connectivity index (χ1v) is 9.22. The number of aromatic nitrogens is 5. The highest BCUT2D eigenvalue weighted by atomic mass is 127. The zero-order valence-electron chi connectivity index (χ0n) is 13.3. The molecule has 2 amide bonds. The standard InChI is InChI=1S/C15H12BrFIN7O/c1-8(13-21-7-22-25(13)14-19-3-2-4-20-14)23-15(26)24-12-5-9(16)10(17)6-11(12)18/h2-8H,1H3,(H2,23,24,26). The minimum absolute atomic E-state index is 0.266. The maximum atomic E-state index is 13.5. The number of carbonyl (C=O) groups excluding carboxylic acids is 1. The molecule has 0 aliphatic heterocycles. The van der Waals surface area contributed by atoms with E-state index in [1.807, 2.05) is 22.6 Å². The number of hydrogen-bond donors (Lipinski definition) is 2. The third-order valence-corrected chi connectivity index (χ3v) is 4.81. The molecule has 0 aliphatic carbocycles. The van der Waals surface area contributed by atoms with Crippen molar-refractivity contribution < 1.29 is 9.18 Å². The minimum atomic E-state index is -0.470. The van der Waals surface area contributed by atoms with E-state index >= 15 is 0 Å². The highest BCUT2D eigenvalue weighted by molar-refractivity contribution is 14.1. The van der Waals surface area contributed by atoms with E-state index in [-0.39, 0.29) is 4.47 Å². The Bertz CT molecular complexity index is 937. The van der Waals surface area contributed by atoms with Gasteiger partial charge in [-0.2, -0.15) is 9.78 Å². The van der Waals surface area contributed by atoms with Crippen molar-refractivity contribution in [3.63, 3.8) is 0 Å². The number of halogens is 3. The van der Waals surface area contributed by atoms with Gasteiger partial charge >= 0.3 is 6.03 Å². The Morgan fingerprint density at radius 3 is 2.77 bits per heavy atom. The summed E-state index contributed by atoms with van der Waals surface area (Å²) in [6, 6.07) is 3.59. The molecule has 1 aromatic carbocycles. The Hall–Kier alpha value is -2.15. The molecule has 1 atom stereocenters. The summed E-state index contributed by atoms with van der Waals surface area (Å²) in [5, 5.41) is 9.54. The second-order valence-corrected chi connectivity index (χ2v) is 7.16. The Morgan fingerprint density at radius 2 is 2.04 bits per heavy atom. The number of nitrogens with zero attached hydrogens (tertiary/aromatic N) is 5. The highest BCUT2D eigenvalue weighted by Gasteiger charge is 2.18. The van der Waals surface area contributed by atoms with E-state index in [4.69, 9.17) is 0 Å². The van der Waals surface area contributed by atoms with E-state index in [0.29, 0.717) is 21.0 Å². The average Bonchev–Trinajstić information content (AvgIpc) is 3.10. The lowest BCUT2D eigenvalue weighted by atomic mass is 10.3. The Labute approximate surface area is 169 Å². The second-order valence-electron chi connectivity index (χ2n) is 5.15. The maximum Gasteiger partial charge on any atom is 0.319 e. The number of nitrogens with one attached hydrogen (secondary N) is 2. The van der Waals surface area contributed by atoms with Gasteiger partial charge in [-0.25, -0.2) is 24.1 Å². The molecule has 2 N–H and O–H groups in total. The summed E-state index contributed by atoms with van der Waals surface area (Å²) < 4.78 is 15.8. The molecular weight excluding hydrogens is 520 g/mol. The Balaban J connectivity index is 1.73. The summed E-state index contributed by atoms with van der Waals surface area (Å²) >= 11 is 5.05. The van der Waals surface area contributed by atoms with Gasteiger partial charge in [0.2, 0.25) is 0 Å². The summed E-state index contributed by atoms with van der Waals surface area (Å²) in [5.41, 5.74) is 0.483. The number of anilines is 1. The van der Waals surface area contributed by atoms with Crippen molar-refractivity contribution in [3.8, 4) is 5.95 Å². The number of rotatable bonds is 4. The lowest BCUT2D eigenvalue weighted by molar-refractivity contribution is 0.248. The molecule has 0 aliphatic rings. The van der Waals surface area contributed by atoms with E-state index in [1.165, 1.54) is 23.1 Å². The summed E-state index contributed by atoms with van der Waals surface area (Å²) in [4.78, 5) is 24.7. The quantitative estimate of drug-likeness (QED) is 0.397. The summed E-state index contributed by atoms with van der Waals surface area (Å²) in [6.07, 6.45) is 4.54. The minimum Gasteiger partial charge on any atom is -0.328 e. The van der Waals surface area contributed by atoms with Gasteiger partial charge in [-0.15, -0.1) is 0 Å². The van der Waals surface area contributed by atoms with E-state index in [2.05, 4.69) is 46.6 Å². The number of hydrogen-bond acceptors (Lipinski definition) is 5. The molecule has 0 saturated heterocycles. The van der Waals surface area contributed by atoms with Crippen LogP contribution in [0.15, 0.2) is 41.4 Å².